The molecule has 1 fully saturated rings. The molecule has 1 aromatic carbocycles. The highest BCUT2D eigenvalue weighted by molar-refractivity contribution is 5.40. The predicted octanol–water partition coefficient (Wildman–Crippen LogP) is 1.96. The van der Waals surface area contributed by atoms with Crippen molar-refractivity contribution in [3.05, 3.63) is 52.1 Å². The maximum Gasteiger partial charge on any atom is 0.293 e. The lowest BCUT2D eigenvalue weighted by molar-refractivity contribution is 0.356. The SMILES string of the molecule is CCn1ccnc(N2CCC(NCc3ccc4c(c3)CCO4)CC2)c1=O. The molecule has 26 heavy (non-hydrogen) atoms. The summed E-state index contributed by atoms with van der Waals surface area (Å²) in [5.41, 5.74) is 2.65. The van der Waals surface area contributed by atoms with Gasteiger partial charge in [-0.05, 0) is 37.0 Å². The largest absolute Gasteiger partial charge is 0.493 e. The van der Waals surface area contributed by atoms with Gasteiger partial charge in [-0.3, -0.25) is 4.79 Å². The van der Waals surface area contributed by atoms with Gasteiger partial charge in [-0.2, -0.15) is 0 Å². The van der Waals surface area contributed by atoms with Gasteiger partial charge in [0.25, 0.3) is 5.56 Å². The Morgan fingerprint density at radius 2 is 2.15 bits per heavy atom. The summed E-state index contributed by atoms with van der Waals surface area (Å²) < 4.78 is 7.28. The molecule has 1 N–H and O–H groups in total. The van der Waals surface area contributed by atoms with Crippen LogP contribution in [0.25, 0.3) is 0 Å². The Bertz CT molecular complexity index is 825. The van der Waals surface area contributed by atoms with Crippen molar-refractivity contribution in [2.24, 2.45) is 0 Å². The van der Waals surface area contributed by atoms with Gasteiger partial charge >= 0.3 is 0 Å². The number of nitrogens with zero attached hydrogens (tertiary/aromatic N) is 3. The van der Waals surface area contributed by atoms with Gasteiger partial charge in [0.1, 0.15) is 5.75 Å². The van der Waals surface area contributed by atoms with E-state index in [2.05, 4.69) is 33.4 Å². The number of benzene rings is 1. The summed E-state index contributed by atoms with van der Waals surface area (Å²) in [6.07, 6.45) is 6.54. The van der Waals surface area contributed by atoms with Crippen LogP contribution in [0.2, 0.25) is 0 Å². The Morgan fingerprint density at radius 1 is 1.31 bits per heavy atom. The van der Waals surface area contributed by atoms with E-state index in [1.54, 1.807) is 17.0 Å². The summed E-state index contributed by atoms with van der Waals surface area (Å²) in [6, 6.07) is 6.97. The molecule has 4 rings (SSSR count). The number of fused-ring (bicyclic) bond motifs is 1. The van der Waals surface area contributed by atoms with Gasteiger partial charge in [-0.1, -0.05) is 12.1 Å². The van der Waals surface area contributed by atoms with Gasteiger partial charge in [-0.15, -0.1) is 0 Å². The molecule has 0 radical (unpaired) electrons. The van der Waals surface area contributed by atoms with E-state index >= 15 is 0 Å². The molecule has 0 spiro atoms. The Labute approximate surface area is 153 Å². The predicted molar refractivity (Wildman–Crippen MR) is 102 cm³/mol. The zero-order valence-electron chi connectivity index (χ0n) is 15.3. The number of anilines is 1. The topological polar surface area (TPSA) is 59.4 Å². The third kappa shape index (κ3) is 3.46. The second-order valence-corrected chi connectivity index (χ2v) is 7.02. The third-order valence-corrected chi connectivity index (χ3v) is 5.38. The number of rotatable bonds is 5. The van der Waals surface area contributed by atoms with Crippen LogP contribution in [0.15, 0.2) is 35.4 Å². The van der Waals surface area contributed by atoms with E-state index in [1.807, 2.05) is 6.92 Å². The van der Waals surface area contributed by atoms with Crippen molar-refractivity contribution in [3.63, 3.8) is 0 Å². The highest BCUT2D eigenvalue weighted by Crippen LogP contribution is 2.26. The number of hydrogen-bond donors (Lipinski definition) is 1. The van der Waals surface area contributed by atoms with E-state index in [1.165, 1.54) is 11.1 Å². The van der Waals surface area contributed by atoms with E-state index in [9.17, 15) is 4.79 Å². The van der Waals surface area contributed by atoms with Crippen molar-refractivity contribution in [1.29, 1.82) is 0 Å². The van der Waals surface area contributed by atoms with Gasteiger partial charge in [0.05, 0.1) is 6.61 Å². The summed E-state index contributed by atoms with van der Waals surface area (Å²) in [6.45, 7) is 6.07. The molecule has 2 aromatic rings. The van der Waals surface area contributed by atoms with Crippen molar-refractivity contribution in [3.8, 4) is 5.75 Å². The molecule has 2 aliphatic rings. The molecule has 0 bridgehead atoms. The maximum atomic E-state index is 12.4. The van der Waals surface area contributed by atoms with Crippen LogP contribution in [0.5, 0.6) is 5.75 Å². The molecular formula is C20H26N4O2. The first-order chi connectivity index (χ1) is 12.7. The summed E-state index contributed by atoms with van der Waals surface area (Å²) in [4.78, 5) is 18.9. The van der Waals surface area contributed by atoms with Gasteiger partial charge in [-0.25, -0.2) is 4.98 Å². The van der Waals surface area contributed by atoms with Gasteiger partial charge in [0.2, 0.25) is 0 Å². The van der Waals surface area contributed by atoms with Crippen LogP contribution in [0.3, 0.4) is 0 Å². The summed E-state index contributed by atoms with van der Waals surface area (Å²) in [5.74, 6) is 1.63. The highest BCUT2D eigenvalue weighted by Gasteiger charge is 2.22. The number of nitrogens with one attached hydrogen (secondary N) is 1. The molecular weight excluding hydrogens is 328 g/mol. The van der Waals surface area contributed by atoms with E-state index in [-0.39, 0.29) is 5.56 Å². The standard InChI is InChI=1S/C20H26N4O2/c1-2-23-11-8-21-19(20(23)25)24-9-5-17(6-10-24)22-14-15-3-4-18-16(13-15)7-12-26-18/h3-4,8,11,13,17,22H,2,5-7,9-10,12,14H2,1H3. The lowest BCUT2D eigenvalue weighted by atomic mass is 10.0. The van der Waals surface area contributed by atoms with Gasteiger partial charge < -0.3 is 19.5 Å². The molecule has 6 heteroatoms. The molecule has 0 saturated carbocycles. The zero-order valence-corrected chi connectivity index (χ0v) is 15.3. The minimum absolute atomic E-state index is 0.0155. The first-order valence-electron chi connectivity index (χ1n) is 9.53. The molecule has 0 atom stereocenters. The van der Waals surface area contributed by atoms with Crippen LogP contribution in [0.1, 0.15) is 30.9 Å². The van der Waals surface area contributed by atoms with Crippen LogP contribution < -0.4 is 20.5 Å². The lowest BCUT2D eigenvalue weighted by Crippen LogP contribution is -2.44. The normalized spacial score (nSPS) is 17.2. The maximum absolute atomic E-state index is 12.4. The Hall–Kier alpha value is -2.34. The Balaban J connectivity index is 1.32. The van der Waals surface area contributed by atoms with Crippen molar-refractivity contribution in [1.82, 2.24) is 14.9 Å². The van der Waals surface area contributed by atoms with Crippen molar-refractivity contribution in [2.75, 3.05) is 24.6 Å². The molecule has 3 heterocycles. The van der Waals surface area contributed by atoms with Crippen LogP contribution >= 0.6 is 0 Å². The molecule has 1 aromatic heterocycles. The van der Waals surface area contributed by atoms with Crippen molar-refractivity contribution >= 4 is 5.82 Å². The second kappa shape index (κ2) is 7.50. The summed E-state index contributed by atoms with van der Waals surface area (Å²) in [5, 5.41) is 3.67. The smallest absolute Gasteiger partial charge is 0.293 e. The molecule has 0 aliphatic carbocycles. The minimum atomic E-state index is 0.0155. The first-order valence-corrected chi connectivity index (χ1v) is 9.53. The average molecular weight is 354 g/mol. The Morgan fingerprint density at radius 3 is 2.96 bits per heavy atom. The van der Waals surface area contributed by atoms with E-state index < -0.39 is 0 Å². The number of aryl methyl sites for hydroxylation is 1. The number of aromatic nitrogens is 2. The van der Waals surface area contributed by atoms with E-state index in [0.717, 1.165) is 51.3 Å². The Kier molecular flexibility index (Phi) is 4.93. The number of piperidine rings is 1. The summed E-state index contributed by atoms with van der Waals surface area (Å²) >= 11 is 0. The fraction of sp³-hybridized carbons (Fsp3) is 0.500. The molecule has 0 unspecified atom stereocenters. The summed E-state index contributed by atoms with van der Waals surface area (Å²) in [7, 11) is 0. The number of ether oxygens (including phenoxy) is 1. The molecule has 1 saturated heterocycles. The van der Waals surface area contributed by atoms with Crippen molar-refractivity contribution in [2.45, 2.75) is 45.3 Å². The van der Waals surface area contributed by atoms with Gasteiger partial charge in [0.15, 0.2) is 5.82 Å². The van der Waals surface area contributed by atoms with Crippen LogP contribution in [-0.2, 0) is 19.5 Å². The van der Waals surface area contributed by atoms with Crippen LogP contribution in [-0.4, -0.2) is 35.3 Å². The quantitative estimate of drug-likeness (QED) is 0.889. The fourth-order valence-electron chi connectivity index (χ4n) is 3.81. The minimum Gasteiger partial charge on any atom is -0.493 e. The zero-order chi connectivity index (χ0) is 17.9. The lowest BCUT2D eigenvalue weighted by Gasteiger charge is -2.33. The monoisotopic (exact) mass is 354 g/mol. The van der Waals surface area contributed by atoms with Crippen LogP contribution in [0, 0.1) is 0 Å². The second-order valence-electron chi connectivity index (χ2n) is 7.02. The van der Waals surface area contributed by atoms with Crippen LogP contribution in [0.4, 0.5) is 5.82 Å². The molecule has 6 nitrogen and oxygen atoms in total. The van der Waals surface area contributed by atoms with Gasteiger partial charge in [0, 0.05) is 51.0 Å². The molecule has 2 aliphatic heterocycles. The fourth-order valence-corrected chi connectivity index (χ4v) is 3.81. The first kappa shape index (κ1) is 17.1. The molecule has 0 amide bonds. The third-order valence-electron chi connectivity index (χ3n) is 5.38. The highest BCUT2D eigenvalue weighted by atomic mass is 16.5. The van der Waals surface area contributed by atoms with Crippen molar-refractivity contribution < 1.29 is 4.74 Å². The average Bonchev–Trinajstić information content (AvgIpc) is 3.15. The number of hydrogen-bond acceptors (Lipinski definition) is 5. The van der Waals surface area contributed by atoms with E-state index in [4.69, 9.17) is 4.74 Å². The van der Waals surface area contributed by atoms with E-state index in [0.29, 0.717) is 18.4 Å². The molecule has 138 valence electrons.